The van der Waals surface area contributed by atoms with Crippen molar-refractivity contribution < 1.29 is 9.13 Å². The molecule has 0 saturated heterocycles. The lowest BCUT2D eigenvalue weighted by atomic mass is 9.78. The molecule has 1 nitrogen and oxygen atoms in total. The van der Waals surface area contributed by atoms with Crippen LogP contribution in [0.15, 0.2) is 18.2 Å². The van der Waals surface area contributed by atoms with Crippen LogP contribution in [0.4, 0.5) is 4.39 Å². The average Bonchev–Trinajstić information content (AvgIpc) is 2.41. The zero-order valence-electron chi connectivity index (χ0n) is 11.4. The first-order valence-electron chi connectivity index (χ1n) is 7.16. The van der Waals surface area contributed by atoms with Crippen molar-refractivity contribution in [2.45, 2.75) is 51.9 Å². The maximum absolute atomic E-state index is 13.8. The van der Waals surface area contributed by atoms with Crippen molar-refractivity contribution in [3.8, 4) is 5.75 Å². The van der Waals surface area contributed by atoms with Crippen LogP contribution in [0.2, 0.25) is 0 Å². The molecule has 0 aliphatic heterocycles. The maximum Gasteiger partial charge on any atom is 0.165 e. The molecule has 1 aromatic carbocycles. The molecular formula is C16H23FO. The first kappa shape index (κ1) is 13.4. The summed E-state index contributed by atoms with van der Waals surface area (Å²) in [6.45, 7) is 4.65. The van der Waals surface area contributed by atoms with Gasteiger partial charge in [-0.2, -0.15) is 0 Å². The van der Waals surface area contributed by atoms with E-state index < -0.39 is 0 Å². The highest BCUT2D eigenvalue weighted by Crippen LogP contribution is 2.37. The number of hydrogen-bond acceptors (Lipinski definition) is 1. The Balaban J connectivity index is 2.03. The summed E-state index contributed by atoms with van der Waals surface area (Å²) in [5.74, 6) is 1.59. The van der Waals surface area contributed by atoms with Crippen LogP contribution in [0.5, 0.6) is 5.75 Å². The van der Waals surface area contributed by atoms with Gasteiger partial charge >= 0.3 is 0 Å². The molecule has 0 spiro atoms. The topological polar surface area (TPSA) is 9.23 Å². The number of ether oxygens (including phenoxy) is 1. The Kier molecular flexibility index (Phi) is 4.62. The molecule has 18 heavy (non-hydrogen) atoms. The van der Waals surface area contributed by atoms with Gasteiger partial charge in [-0.25, -0.2) is 4.39 Å². The third-order valence-corrected chi connectivity index (χ3v) is 4.15. The van der Waals surface area contributed by atoms with Gasteiger partial charge in [0.25, 0.3) is 0 Å². The largest absolute Gasteiger partial charge is 0.491 e. The lowest BCUT2D eigenvalue weighted by Gasteiger charge is -2.28. The van der Waals surface area contributed by atoms with Gasteiger partial charge in [0.15, 0.2) is 11.6 Å². The van der Waals surface area contributed by atoms with Crippen LogP contribution in [-0.4, -0.2) is 6.61 Å². The predicted molar refractivity (Wildman–Crippen MR) is 72.6 cm³/mol. The molecule has 100 valence electrons. The second kappa shape index (κ2) is 6.21. The summed E-state index contributed by atoms with van der Waals surface area (Å²) in [7, 11) is 0. The normalized spacial score (nSPS) is 23.9. The van der Waals surface area contributed by atoms with E-state index in [4.69, 9.17) is 4.74 Å². The average molecular weight is 250 g/mol. The van der Waals surface area contributed by atoms with Gasteiger partial charge in [0.2, 0.25) is 0 Å². The summed E-state index contributed by atoms with van der Waals surface area (Å²) in [6.07, 6.45) is 6.26. The highest BCUT2D eigenvalue weighted by molar-refractivity contribution is 5.31. The second-order valence-electron chi connectivity index (χ2n) is 5.25. The van der Waals surface area contributed by atoms with Crippen LogP contribution < -0.4 is 4.74 Å². The second-order valence-corrected chi connectivity index (χ2v) is 5.25. The number of halogens is 1. The zero-order chi connectivity index (χ0) is 13.0. The molecular weight excluding hydrogens is 227 g/mol. The Labute approximate surface area is 109 Å². The van der Waals surface area contributed by atoms with E-state index >= 15 is 0 Å². The predicted octanol–water partition coefficient (Wildman–Crippen LogP) is 4.91. The smallest absolute Gasteiger partial charge is 0.165 e. The summed E-state index contributed by atoms with van der Waals surface area (Å²) in [4.78, 5) is 0. The molecule has 0 amide bonds. The SMILES string of the molecule is CCOc1ccc(C2CCC(CC)CC2)cc1F. The van der Waals surface area contributed by atoms with E-state index in [1.54, 1.807) is 12.1 Å². The zero-order valence-corrected chi connectivity index (χ0v) is 11.4. The minimum atomic E-state index is -0.216. The summed E-state index contributed by atoms with van der Waals surface area (Å²) in [5.41, 5.74) is 1.14. The molecule has 0 heterocycles. The lowest BCUT2D eigenvalue weighted by Crippen LogP contribution is -2.12. The fourth-order valence-electron chi connectivity index (χ4n) is 2.95. The van der Waals surface area contributed by atoms with Gasteiger partial charge in [0.1, 0.15) is 0 Å². The molecule has 0 bridgehead atoms. The monoisotopic (exact) mass is 250 g/mol. The van der Waals surface area contributed by atoms with Crippen molar-refractivity contribution in [2.75, 3.05) is 6.61 Å². The molecule has 0 radical (unpaired) electrons. The molecule has 0 unspecified atom stereocenters. The Hall–Kier alpha value is -1.05. The number of hydrogen-bond donors (Lipinski definition) is 0. The Morgan fingerprint density at radius 2 is 1.89 bits per heavy atom. The van der Waals surface area contributed by atoms with Crippen LogP contribution in [0.3, 0.4) is 0 Å². The van der Waals surface area contributed by atoms with E-state index in [2.05, 4.69) is 6.92 Å². The standard InChI is InChI=1S/C16H23FO/c1-3-12-5-7-13(8-6-12)14-9-10-16(18-4-2)15(17)11-14/h9-13H,3-8H2,1-2H3. The van der Waals surface area contributed by atoms with Crippen molar-refractivity contribution >= 4 is 0 Å². The molecule has 2 rings (SSSR count). The van der Waals surface area contributed by atoms with Gasteiger partial charge in [-0.05, 0) is 62.1 Å². The van der Waals surface area contributed by atoms with Gasteiger partial charge in [0.05, 0.1) is 6.61 Å². The fraction of sp³-hybridized carbons (Fsp3) is 0.625. The molecule has 0 aromatic heterocycles. The van der Waals surface area contributed by atoms with Crippen LogP contribution in [-0.2, 0) is 0 Å². The van der Waals surface area contributed by atoms with E-state index in [9.17, 15) is 4.39 Å². The first-order valence-corrected chi connectivity index (χ1v) is 7.16. The molecule has 0 N–H and O–H groups in total. The van der Waals surface area contributed by atoms with Gasteiger partial charge < -0.3 is 4.74 Å². The van der Waals surface area contributed by atoms with Crippen LogP contribution in [0.1, 0.15) is 57.4 Å². The molecule has 1 fully saturated rings. The molecule has 1 aromatic rings. The number of benzene rings is 1. The van der Waals surface area contributed by atoms with Crippen molar-refractivity contribution in [1.82, 2.24) is 0 Å². The highest BCUT2D eigenvalue weighted by atomic mass is 19.1. The summed E-state index contributed by atoms with van der Waals surface area (Å²) in [6, 6.07) is 5.48. The Bertz CT molecular complexity index is 381. The minimum Gasteiger partial charge on any atom is -0.491 e. The Morgan fingerprint density at radius 3 is 2.44 bits per heavy atom. The molecule has 1 aliphatic carbocycles. The van der Waals surface area contributed by atoms with E-state index in [0.29, 0.717) is 18.3 Å². The van der Waals surface area contributed by atoms with Gasteiger partial charge in [-0.1, -0.05) is 19.4 Å². The summed E-state index contributed by atoms with van der Waals surface area (Å²) < 4.78 is 19.0. The third kappa shape index (κ3) is 3.04. The molecule has 1 saturated carbocycles. The van der Waals surface area contributed by atoms with Crippen LogP contribution in [0, 0.1) is 11.7 Å². The van der Waals surface area contributed by atoms with Crippen LogP contribution >= 0.6 is 0 Å². The highest BCUT2D eigenvalue weighted by Gasteiger charge is 2.22. The van der Waals surface area contributed by atoms with E-state index in [-0.39, 0.29) is 5.82 Å². The van der Waals surface area contributed by atoms with Gasteiger partial charge in [-0.15, -0.1) is 0 Å². The lowest BCUT2D eigenvalue weighted by molar-refractivity contribution is 0.313. The van der Waals surface area contributed by atoms with Gasteiger partial charge in [0, 0.05) is 0 Å². The van der Waals surface area contributed by atoms with E-state index in [1.165, 1.54) is 32.1 Å². The minimum absolute atomic E-state index is 0.216. The van der Waals surface area contributed by atoms with Gasteiger partial charge in [-0.3, -0.25) is 0 Å². The molecule has 2 heteroatoms. The molecule has 1 aliphatic rings. The summed E-state index contributed by atoms with van der Waals surface area (Å²) >= 11 is 0. The Morgan fingerprint density at radius 1 is 1.17 bits per heavy atom. The number of rotatable bonds is 4. The van der Waals surface area contributed by atoms with E-state index in [1.807, 2.05) is 13.0 Å². The quantitative estimate of drug-likeness (QED) is 0.738. The van der Waals surface area contributed by atoms with Crippen molar-refractivity contribution in [3.05, 3.63) is 29.6 Å². The van der Waals surface area contributed by atoms with Crippen molar-refractivity contribution in [1.29, 1.82) is 0 Å². The van der Waals surface area contributed by atoms with Crippen molar-refractivity contribution in [3.63, 3.8) is 0 Å². The molecule has 0 atom stereocenters. The third-order valence-electron chi connectivity index (χ3n) is 4.15. The van der Waals surface area contributed by atoms with Crippen molar-refractivity contribution in [2.24, 2.45) is 5.92 Å². The first-order chi connectivity index (χ1) is 8.74. The van der Waals surface area contributed by atoms with Crippen LogP contribution in [0.25, 0.3) is 0 Å². The summed E-state index contributed by atoms with van der Waals surface area (Å²) in [5, 5.41) is 0. The maximum atomic E-state index is 13.8. The fourth-order valence-corrected chi connectivity index (χ4v) is 2.95. The van der Waals surface area contributed by atoms with E-state index in [0.717, 1.165) is 11.5 Å².